The largest absolute Gasteiger partial charge is 0.344 e. The molecule has 20 heavy (non-hydrogen) atoms. The average molecular weight is 265 g/mol. The van der Waals surface area contributed by atoms with Crippen LogP contribution in [-0.2, 0) is 13.0 Å². The number of hydrogen-bond donors (Lipinski definition) is 1. The maximum atomic E-state index is 9.30. The van der Waals surface area contributed by atoms with Crippen LogP contribution >= 0.6 is 0 Å². The molecule has 2 N–H and O–H groups in total. The van der Waals surface area contributed by atoms with E-state index in [9.17, 15) is 5.26 Å². The quantitative estimate of drug-likeness (QED) is 0.922. The monoisotopic (exact) mass is 265 g/mol. The fraction of sp³-hybridized carbons (Fsp3) is 0.235. The normalized spacial score (nSPS) is 10.1. The van der Waals surface area contributed by atoms with Gasteiger partial charge in [-0.2, -0.15) is 5.26 Å². The number of benzene rings is 2. The van der Waals surface area contributed by atoms with E-state index in [1.807, 2.05) is 30.1 Å². The molecule has 0 fully saturated rings. The van der Waals surface area contributed by atoms with Gasteiger partial charge in [-0.3, -0.25) is 0 Å². The zero-order chi connectivity index (χ0) is 14.5. The van der Waals surface area contributed by atoms with Gasteiger partial charge in [-0.1, -0.05) is 25.1 Å². The first-order valence-electron chi connectivity index (χ1n) is 6.75. The van der Waals surface area contributed by atoms with Crippen molar-refractivity contribution < 1.29 is 0 Å². The van der Waals surface area contributed by atoms with Crippen LogP contribution in [0.1, 0.15) is 23.6 Å². The van der Waals surface area contributed by atoms with Crippen LogP contribution in [0.2, 0.25) is 0 Å². The van der Waals surface area contributed by atoms with E-state index in [0.29, 0.717) is 12.1 Å². The molecule has 0 heterocycles. The summed E-state index contributed by atoms with van der Waals surface area (Å²) in [6.07, 6.45) is 1.03. The van der Waals surface area contributed by atoms with Crippen LogP contribution in [0.15, 0.2) is 42.5 Å². The molecule has 2 aromatic rings. The molecule has 102 valence electrons. The van der Waals surface area contributed by atoms with E-state index in [4.69, 9.17) is 5.73 Å². The number of nitrogens with zero attached hydrogens (tertiary/aromatic N) is 2. The zero-order valence-electron chi connectivity index (χ0n) is 11.9. The second-order valence-electron chi connectivity index (χ2n) is 4.75. The third-order valence-corrected chi connectivity index (χ3v) is 3.51. The summed E-state index contributed by atoms with van der Waals surface area (Å²) in [4.78, 5) is 2.03. The molecule has 2 rings (SSSR count). The van der Waals surface area contributed by atoms with Gasteiger partial charge in [-0.25, -0.2) is 0 Å². The smallest absolute Gasteiger partial charge is 0.101 e. The lowest BCUT2D eigenvalue weighted by Gasteiger charge is -2.21. The van der Waals surface area contributed by atoms with Crippen molar-refractivity contribution >= 4 is 11.4 Å². The Kier molecular flexibility index (Phi) is 4.39. The van der Waals surface area contributed by atoms with Gasteiger partial charge >= 0.3 is 0 Å². The molecule has 0 aliphatic rings. The van der Waals surface area contributed by atoms with Gasteiger partial charge < -0.3 is 10.6 Å². The highest BCUT2D eigenvalue weighted by molar-refractivity contribution is 5.69. The predicted octanol–water partition coefficient (Wildman–Crippen LogP) is 3.35. The van der Waals surface area contributed by atoms with Crippen molar-refractivity contribution in [3.63, 3.8) is 0 Å². The lowest BCUT2D eigenvalue weighted by Crippen LogP contribution is -2.11. The second kappa shape index (κ2) is 6.23. The van der Waals surface area contributed by atoms with Crippen molar-refractivity contribution in [1.29, 1.82) is 5.26 Å². The Hall–Kier alpha value is -2.31. The molecular weight excluding hydrogens is 246 g/mol. The first kappa shape index (κ1) is 14.1. The van der Waals surface area contributed by atoms with Crippen molar-refractivity contribution in [3.8, 4) is 6.07 Å². The maximum Gasteiger partial charge on any atom is 0.101 e. The average Bonchev–Trinajstić information content (AvgIpc) is 2.53. The molecule has 0 radical (unpaired) electrons. The minimum absolute atomic E-state index is 0.448. The van der Waals surface area contributed by atoms with Crippen molar-refractivity contribution in [3.05, 3.63) is 59.2 Å². The van der Waals surface area contributed by atoms with E-state index in [1.54, 1.807) is 0 Å². The van der Waals surface area contributed by atoms with Crippen LogP contribution in [0.4, 0.5) is 11.4 Å². The Labute approximate surface area is 120 Å². The van der Waals surface area contributed by atoms with E-state index in [0.717, 1.165) is 23.4 Å². The predicted molar refractivity (Wildman–Crippen MR) is 82.9 cm³/mol. The van der Waals surface area contributed by atoms with E-state index < -0.39 is 0 Å². The number of nitrogens with two attached hydrogens (primary N) is 1. The van der Waals surface area contributed by atoms with Gasteiger partial charge in [0.1, 0.15) is 6.07 Å². The van der Waals surface area contributed by atoms with Gasteiger partial charge in [-0.05, 0) is 41.8 Å². The molecule has 0 aliphatic heterocycles. The molecule has 0 atom stereocenters. The van der Waals surface area contributed by atoms with Gasteiger partial charge in [0.2, 0.25) is 0 Å². The van der Waals surface area contributed by atoms with Crippen molar-refractivity contribution in [2.24, 2.45) is 5.73 Å². The molecule has 2 aromatic carbocycles. The topological polar surface area (TPSA) is 53.0 Å². The van der Waals surface area contributed by atoms with Crippen LogP contribution in [-0.4, -0.2) is 7.05 Å². The molecule has 0 aliphatic carbocycles. The molecule has 0 amide bonds. The minimum Gasteiger partial charge on any atom is -0.344 e. The highest BCUT2D eigenvalue weighted by Crippen LogP contribution is 2.27. The Morgan fingerprint density at radius 3 is 2.30 bits per heavy atom. The highest BCUT2D eigenvalue weighted by Gasteiger charge is 2.09. The third kappa shape index (κ3) is 2.81. The Morgan fingerprint density at radius 1 is 1.10 bits per heavy atom. The number of aryl methyl sites for hydroxylation is 1. The molecule has 0 aromatic heterocycles. The molecular formula is C17H19N3. The summed E-state index contributed by atoms with van der Waals surface area (Å²) in [5, 5.41) is 9.30. The first-order valence-corrected chi connectivity index (χ1v) is 6.75. The van der Waals surface area contributed by atoms with Crippen molar-refractivity contribution in [1.82, 2.24) is 0 Å². The molecule has 0 bridgehead atoms. The summed E-state index contributed by atoms with van der Waals surface area (Å²) in [5.41, 5.74) is 10.5. The first-order chi connectivity index (χ1) is 9.69. The third-order valence-electron chi connectivity index (χ3n) is 3.51. The Balaban J connectivity index is 2.37. The van der Waals surface area contributed by atoms with Crippen molar-refractivity contribution in [2.75, 3.05) is 11.9 Å². The summed E-state index contributed by atoms with van der Waals surface area (Å²) in [5.74, 6) is 0. The van der Waals surface area contributed by atoms with Gasteiger partial charge in [0.05, 0.1) is 11.3 Å². The van der Waals surface area contributed by atoms with Gasteiger partial charge in [0, 0.05) is 19.3 Å². The SMILES string of the molecule is CCc1ccc(N(C)c2ccc(CN)cc2C#N)cc1. The van der Waals surface area contributed by atoms with Gasteiger partial charge in [0.15, 0.2) is 0 Å². The fourth-order valence-electron chi connectivity index (χ4n) is 2.19. The molecule has 3 heteroatoms. The standard InChI is InChI=1S/C17H19N3/c1-3-13-4-7-16(8-5-13)20(2)17-9-6-14(11-18)10-15(17)12-19/h4-10H,3,11,18H2,1-2H3. The fourth-order valence-corrected chi connectivity index (χ4v) is 2.19. The minimum atomic E-state index is 0.448. The lowest BCUT2D eigenvalue weighted by atomic mass is 10.1. The van der Waals surface area contributed by atoms with Crippen molar-refractivity contribution in [2.45, 2.75) is 19.9 Å². The zero-order valence-corrected chi connectivity index (χ0v) is 11.9. The van der Waals surface area contributed by atoms with Crippen LogP contribution < -0.4 is 10.6 Å². The second-order valence-corrected chi connectivity index (χ2v) is 4.75. The van der Waals surface area contributed by atoms with Crippen LogP contribution in [0.3, 0.4) is 0 Å². The molecule has 0 saturated heterocycles. The van der Waals surface area contributed by atoms with Gasteiger partial charge in [-0.15, -0.1) is 0 Å². The van der Waals surface area contributed by atoms with E-state index >= 15 is 0 Å². The molecule has 3 nitrogen and oxygen atoms in total. The van der Waals surface area contributed by atoms with Crippen LogP contribution in [0.5, 0.6) is 0 Å². The van der Waals surface area contributed by atoms with E-state index in [1.165, 1.54) is 5.56 Å². The Morgan fingerprint density at radius 2 is 1.75 bits per heavy atom. The lowest BCUT2D eigenvalue weighted by molar-refractivity contribution is 1.06. The summed E-state index contributed by atoms with van der Waals surface area (Å²) >= 11 is 0. The molecule has 0 saturated carbocycles. The summed E-state index contributed by atoms with van der Waals surface area (Å²) in [6, 6.07) is 16.4. The summed E-state index contributed by atoms with van der Waals surface area (Å²) in [7, 11) is 1.97. The van der Waals surface area contributed by atoms with E-state index in [2.05, 4.69) is 37.3 Å². The summed E-state index contributed by atoms with van der Waals surface area (Å²) < 4.78 is 0. The number of hydrogen-bond acceptors (Lipinski definition) is 3. The maximum absolute atomic E-state index is 9.30. The van der Waals surface area contributed by atoms with E-state index in [-0.39, 0.29) is 0 Å². The number of nitriles is 1. The number of rotatable bonds is 4. The summed E-state index contributed by atoms with van der Waals surface area (Å²) in [6.45, 7) is 2.59. The Bertz CT molecular complexity index is 624. The van der Waals surface area contributed by atoms with Crippen LogP contribution in [0, 0.1) is 11.3 Å². The van der Waals surface area contributed by atoms with Gasteiger partial charge in [0.25, 0.3) is 0 Å². The number of anilines is 2. The molecule has 0 unspecified atom stereocenters. The molecule has 0 spiro atoms. The van der Waals surface area contributed by atoms with Crippen LogP contribution in [0.25, 0.3) is 0 Å². The highest BCUT2D eigenvalue weighted by atomic mass is 15.1.